The van der Waals surface area contributed by atoms with Crippen LogP contribution in [0, 0.1) is 5.41 Å². The third kappa shape index (κ3) is 1.50. The van der Waals surface area contributed by atoms with Crippen molar-refractivity contribution in [3.63, 3.8) is 0 Å². The largest absolute Gasteiger partial charge is 0.378 e. The van der Waals surface area contributed by atoms with Gasteiger partial charge in [-0.15, -0.1) is 0 Å². The van der Waals surface area contributed by atoms with Crippen LogP contribution in [0.15, 0.2) is 0 Å². The molecule has 2 nitrogen and oxygen atoms in total. The topological polar surface area (TPSA) is 21.3 Å². The van der Waals surface area contributed by atoms with Crippen LogP contribution in [-0.2, 0) is 4.74 Å². The van der Waals surface area contributed by atoms with Gasteiger partial charge in [0.15, 0.2) is 0 Å². The van der Waals surface area contributed by atoms with Crippen molar-refractivity contribution < 1.29 is 4.74 Å². The lowest BCUT2D eigenvalue weighted by molar-refractivity contribution is -0.0548. The Bertz CT molecular complexity index is 174. The highest BCUT2D eigenvalue weighted by Crippen LogP contribution is 2.44. The van der Waals surface area contributed by atoms with E-state index in [0.717, 1.165) is 19.8 Å². The molecule has 2 heteroatoms. The molecular weight excluding hydrogens is 162 g/mol. The Morgan fingerprint density at radius 1 is 1.15 bits per heavy atom. The third-order valence-electron chi connectivity index (χ3n) is 4.01. The second-order valence-corrected chi connectivity index (χ2v) is 5.15. The molecule has 1 saturated carbocycles. The number of ether oxygens (including phenoxy) is 1. The van der Waals surface area contributed by atoms with Crippen LogP contribution >= 0.6 is 0 Å². The number of morpholine rings is 1. The van der Waals surface area contributed by atoms with E-state index in [2.05, 4.69) is 19.2 Å². The molecule has 1 N–H and O–H groups in total. The summed E-state index contributed by atoms with van der Waals surface area (Å²) in [5, 5.41) is 3.70. The minimum atomic E-state index is 0.281. The average Bonchev–Trinajstić information content (AvgIpc) is 2.12. The van der Waals surface area contributed by atoms with Gasteiger partial charge >= 0.3 is 0 Å². The van der Waals surface area contributed by atoms with Gasteiger partial charge in [0.1, 0.15) is 0 Å². The van der Waals surface area contributed by atoms with Crippen molar-refractivity contribution in [2.75, 3.05) is 19.8 Å². The summed E-state index contributed by atoms with van der Waals surface area (Å²) in [6.07, 6.45) is 5.37. The molecule has 1 unspecified atom stereocenters. The number of nitrogens with one attached hydrogen (secondary N) is 1. The summed E-state index contributed by atoms with van der Waals surface area (Å²) in [6, 6.07) is 0. The summed E-state index contributed by atoms with van der Waals surface area (Å²) >= 11 is 0. The van der Waals surface area contributed by atoms with E-state index in [9.17, 15) is 0 Å². The Balaban J connectivity index is 2.16. The molecule has 0 aromatic carbocycles. The number of hydrogen-bond donors (Lipinski definition) is 1. The first kappa shape index (κ1) is 9.47. The Morgan fingerprint density at radius 2 is 1.92 bits per heavy atom. The molecule has 2 rings (SSSR count). The molecule has 1 aliphatic heterocycles. The van der Waals surface area contributed by atoms with Crippen molar-refractivity contribution in [1.82, 2.24) is 5.32 Å². The Kier molecular flexibility index (Phi) is 2.37. The van der Waals surface area contributed by atoms with Crippen LogP contribution in [0.3, 0.4) is 0 Å². The fourth-order valence-corrected chi connectivity index (χ4v) is 2.83. The second-order valence-electron chi connectivity index (χ2n) is 5.15. The van der Waals surface area contributed by atoms with Crippen molar-refractivity contribution >= 4 is 0 Å². The van der Waals surface area contributed by atoms with Crippen LogP contribution in [0.1, 0.15) is 39.5 Å². The first-order valence-corrected chi connectivity index (χ1v) is 5.49. The van der Waals surface area contributed by atoms with Gasteiger partial charge in [0.05, 0.1) is 13.2 Å². The zero-order chi connectivity index (χ0) is 9.36. The molecule has 2 aliphatic rings. The van der Waals surface area contributed by atoms with Gasteiger partial charge in [0, 0.05) is 12.1 Å². The number of rotatable bonds is 0. The molecular formula is C11H21NO. The van der Waals surface area contributed by atoms with Crippen molar-refractivity contribution in [3.05, 3.63) is 0 Å². The molecule has 13 heavy (non-hydrogen) atoms. The molecule has 0 radical (unpaired) electrons. The van der Waals surface area contributed by atoms with Gasteiger partial charge in [-0.3, -0.25) is 0 Å². The first-order valence-electron chi connectivity index (χ1n) is 5.49. The molecule has 2 fully saturated rings. The maximum atomic E-state index is 5.64. The molecule has 0 aromatic rings. The molecule has 1 saturated heterocycles. The second kappa shape index (κ2) is 3.25. The van der Waals surface area contributed by atoms with Crippen LogP contribution < -0.4 is 5.32 Å². The van der Waals surface area contributed by atoms with E-state index in [0.29, 0.717) is 5.41 Å². The van der Waals surface area contributed by atoms with E-state index in [1.54, 1.807) is 0 Å². The fourth-order valence-electron chi connectivity index (χ4n) is 2.83. The highest BCUT2D eigenvalue weighted by Gasteiger charge is 2.47. The third-order valence-corrected chi connectivity index (χ3v) is 4.01. The van der Waals surface area contributed by atoms with Crippen LogP contribution in [-0.4, -0.2) is 25.3 Å². The summed E-state index contributed by atoms with van der Waals surface area (Å²) in [4.78, 5) is 0. The van der Waals surface area contributed by atoms with E-state index < -0.39 is 0 Å². The summed E-state index contributed by atoms with van der Waals surface area (Å²) in [6.45, 7) is 7.60. The summed E-state index contributed by atoms with van der Waals surface area (Å²) in [5.74, 6) is 0. The van der Waals surface area contributed by atoms with E-state index in [-0.39, 0.29) is 5.54 Å². The zero-order valence-corrected chi connectivity index (χ0v) is 8.86. The van der Waals surface area contributed by atoms with Gasteiger partial charge in [0.2, 0.25) is 0 Å². The van der Waals surface area contributed by atoms with Crippen LogP contribution in [0.4, 0.5) is 0 Å². The van der Waals surface area contributed by atoms with E-state index in [4.69, 9.17) is 4.74 Å². The highest BCUT2D eigenvalue weighted by molar-refractivity contribution is 5.03. The molecule has 1 atom stereocenters. The highest BCUT2D eigenvalue weighted by atomic mass is 16.5. The van der Waals surface area contributed by atoms with Gasteiger partial charge < -0.3 is 10.1 Å². The van der Waals surface area contributed by atoms with E-state index >= 15 is 0 Å². The van der Waals surface area contributed by atoms with Crippen molar-refractivity contribution in [2.24, 2.45) is 5.41 Å². The summed E-state index contributed by atoms with van der Waals surface area (Å²) in [5.41, 5.74) is 0.690. The molecule has 1 spiro atoms. The lowest BCUT2D eigenvalue weighted by Crippen LogP contribution is -2.63. The fraction of sp³-hybridized carbons (Fsp3) is 1.00. The van der Waals surface area contributed by atoms with Gasteiger partial charge in [0.25, 0.3) is 0 Å². The van der Waals surface area contributed by atoms with Gasteiger partial charge in [-0.1, -0.05) is 26.7 Å². The van der Waals surface area contributed by atoms with Crippen molar-refractivity contribution in [2.45, 2.75) is 45.1 Å². The van der Waals surface area contributed by atoms with Gasteiger partial charge in [-0.05, 0) is 18.3 Å². The standard InChI is InChI=1S/C11H21NO/c1-10(2)5-3-4-6-11(10)9-13-8-7-12-11/h12H,3-9H2,1-2H3. The van der Waals surface area contributed by atoms with Crippen LogP contribution in [0.5, 0.6) is 0 Å². The maximum absolute atomic E-state index is 5.64. The summed E-state index contributed by atoms with van der Waals surface area (Å²) in [7, 11) is 0. The van der Waals surface area contributed by atoms with Crippen LogP contribution in [0.2, 0.25) is 0 Å². The smallest absolute Gasteiger partial charge is 0.0654 e. The lowest BCUT2D eigenvalue weighted by atomic mass is 9.63. The minimum absolute atomic E-state index is 0.281. The van der Waals surface area contributed by atoms with Gasteiger partial charge in [-0.25, -0.2) is 0 Å². The maximum Gasteiger partial charge on any atom is 0.0654 e. The lowest BCUT2D eigenvalue weighted by Gasteiger charge is -2.52. The van der Waals surface area contributed by atoms with E-state index in [1.807, 2.05) is 0 Å². The van der Waals surface area contributed by atoms with Crippen LogP contribution in [0.25, 0.3) is 0 Å². The predicted molar refractivity (Wildman–Crippen MR) is 53.8 cm³/mol. The zero-order valence-electron chi connectivity index (χ0n) is 8.86. The Hall–Kier alpha value is -0.0800. The molecule has 76 valence electrons. The Morgan fingerprint density at radius 3 is 2.54 bits per heavy atom. The quantitative estimate of drug-likeness (QED) is 0.619. The Labute approximate surface area is 81.0 Å². The predicted octanol–water partition coefficient (Wildman–Crippen LogP) is 1.95. The van der Waals surface area contributed by atoms with Gasteiger partial charge in [-0.2, -0.15) is 0 Å². The number of hydrogen-bond acceptors (Lipinski definition) is 2. The monoisotopic (exact) mass is 183 g/mol. The van der Waals surface area contributed by atoms with Crippen molar-refractivity contribution in [1.29, 1.82) is 0 Å². The minimum Gasteiger partial charge on any atom is -0.378 e. The normalized spacial score (nSPS) is 39.2. The molecule has 0 aromatic heterocycles. The average molecular weight is 183 g/mol. The molecule has 1 aliphatic carbocycles. The van der Waals surface area contributed by atoms with E-state index in [1.165, 1.54) is 25.7 Å². The molecule has 0 bridgehead atoms. The molecule has 1 heterocycles. The van der Waals surface area contributed by atoms with Crippen molar-refractivity contribution in [3.8, 4) is 0 Å². The summed E-state index contributed by atoms with van der Waals surface area (Å²) < 4.78 is 5.64. The first-order chi connectivity index (χ1) is 6.16. The molecule has 0 amide bonds. The SMILES string of the molecule is CC1(C)CCCCC12COCCN2.